The van der Waals surface area contributed by atoms with Gasteiger partial charge in [-0.25, -0.2) is 4.98 Å². The zero-order chi connectivity index (χ0) is 13.7. The van der Waals surface area contributed by atoms with Gasteiger partial charge in [0, 0.05) is 6.54 Å². The molecule has 0 radical (unpaired) electrons. The molecule has 1 N–H and O–H groups in total. The highest BCUT2D eigenvalue weighted by Crippen LogP contribution is 2.15. The van der Waals surface area contributed by atoms with Gasteiger partial charge < -0.3 is 5.32 Å². The van der Waals surface area contributed by atoms with Crippen LogP contribution in [-0.2, 0) is 13.0 Å². The van der Waals surface area contributed by atoms with Crippen LogP contribution in [0.3, 0.4) is 0 Å². The quantitative estimate of drug-likeness (QED) is 0.861. The Morgan fingerprint density at radius 3 is 2.53 bits per heavy atom. The van der Waals surface area contributed by atoms with E-state index in [0.29, 0.717) is 23.1 Å². The van der Waals surface area contributed by atoms with Crippen LogP contribution in [0.4, 0.5) is 5.82 Å². The predicted molar refractivity (Wildman–Crippen MR) is 77.1 cm³/mol. The van der Waals surface area contributed by atoms with E-state index in [9.17, 15) is 0 Å². The van der Waals surface area contributed by atoms with Crippen molar-refractivity contribution < 1.29 is 0 Å². The molecule has 0 spiro atoms. The van der Waals surface area contributed by atoms with E-state index in [0.717, 1.165) is 12.0 Å². The molecular formula is C15H14ClN3. The molecule has 0 fully saturated rings. The molecule has 1 heterocycles. The lowest BCUT2D eigenvalue weighted by Crippen LogP contribution is -2.02. The summed E-state index contributed by atoms with van der Waals surface area (Å²) in [6, 6.07) is 13.7. The van der Waals surface area contributed by atoms with Crippen molar-refractivity contribution in [3.63, 3.8) is 0 Å². The van der Waals surface area contributed by atoms with Gasteiger partial charge in [-0.3, -0.25) is 0 Å². The first-order valence-electron chi connectivity index (χ1n) is 6.10. The summed E-state index contributed by atoms with van der Waals surface area (Å²) in [6.45, 7) is 2.79. The van der Waals surface area contributed by atoms with Gasteiger partial charge in [0.25, 0.3) is 0 Å². The maximum atomic E-state index is 8.87. The Hall–Kier alpha value is -2.05. The lowest BCUT2D eigenvalue weighted by molar-refractivity contribution is 1.09. The van der Waals surface area contributed by atoms with Crippen molar-refractivity contribution in [2.24, 2.45) is 0 Å². The maximum Gasteiger partial charge on any atom is 0.132 e. The molecule has 0 saturated heterocycles. The Morgan fingerprint density at radius 1 is 1.21 bits per heavy atom. The molecule has 96 valence electrons. The van der Waals surface area contributed by atoms with Crippen molar-refractivity contribution >= 4 is 17.4 Å². The summed E-state index contributed by atoms with van der Waals surface area (Å²) in [5.41, 5.74) is 2.98. The fourth-order valence-electron chi connectivity index (χ4n) is 1.74. The third kappa shape index (κ3) is 3.70. The van der Waals surface area contributed by atoms with Crippen LogP contribution in [0.1, 0.15) is 23.6 Å². The molecule has 0 unspecified atom stereocenters. The average Bonchev–Trinajstić information content (AvgIpc) is 2.45. The zero-order valence-electron chi connectivity index (χ0n) is 10.7. The monoisotopic (exact) mass is 271 g/mol. The molecule has 0 amide bonds. The Labute approximate surface area is 117 Å². The van der Waals surface area contributed by atoms with Crippen LogP contribution in [0.15, 0.2) is 36.4 Å². The number of hydrogen-bond acceptors (Lipinski definition) is 3. The molecule has 4 heteroatoms. The van der Waals surface area contributed by atoms with E-state index in [1.54, 1.807) is 12.1 Å². The highest BCUT2D eigenvalue weighted by atomic mass is 35.5. The van der Waals surface area contributed by atoms with Crippen molar-refractivity contribution in [3.8, 4) is 6.07 Å². The van der Waals surface area contributed by atoms with E-state index in [4.69, 9.17) is 16.9 Å². The number of nitriles is 1. The summed E-state index contributed by atoms with van der Waals surface area (Å²) in [6.07, 6.45) is 1.04. The third-order valence-corrected chi connectivity index (χ3v) is 3.02. The second kappa shape index (κ2) is 6.21. The molecule has 0 bridgehead atoms. The predicted octanol–water partition coefficient (Wildman–Crippen LogP) is 3.78. The first-order chi connectivity index (χ1) is 9.21. The van der Waals surface area contributed by atoms with Gasteiger partial charge in [0.2, 0.25) is 0 Å². The van der Waals surface area contributed by atoms with Gasteiger partial charge in [0.1, 0.15) is 11.0 Å². The van der Waals surface area contributed by atoms with Crippen molar-refractivity contribution in [2.45, 2.75) is 19.9 Å². The van der Waals surface area contributed by atoms with Gasteiger partial charge in [-0.15, -0.1) is 0 Å². The van der Waals surface area contributed by atoms with Crippen LogP contribution in [0.5, 0.6) is 0 Å². The minimum absolute atomic E-state index is 0.322. The van der Waals surface area contributed by atoms with Gasteiger partial charge in [0.15, 0.2) is 0 Å². The smallest absolute Gasteiger partial charge is 0.132 e. The number of halogens is 1. The number of anilines is 1. The number of aryl methyl sites for hydroxylation is 1. The minimum atomic E-state index is 0.322. The lowest BCUT2D eigenvalue weighted by Gasteiger charge is -2.07. The van der Waals surface area contributed by atoms with Crippen LogP contribution in [0.25, 0.3) is 0 Å². The summed E-state index contributed by atoms with van der Waals surface area (Å²) < 4.78 is 0. The molecule has 2 rings (SSSR count). The van der Waals surface area contributed by atoms with E-state index < -0.39 is 0 Å². The molecule has 0 aliphatic carbocycles. The lowest BCUT2D eigenvalue weighted by atomic mass is 10.1. The van der Waals surface area contributed by atoms with E-state index in [2.05, 4.69) is 47.6 Å². The van der Waals surface area contributed by atoms with Crippen LogP contribution in [-0.4, -0.2) is 4.98 Å². The molecule has 0 aliphatic heterocycles. The number of pyridine rings is 1. The number of benzene rings is 1. The van der Waals surface area contributed by atoms with Gasteiger partial charge in [0.05, 0.1) is 11.6 Å². The summed E-state index contributed by atoms with van der Waals surface area (Å²) in [5, 5.41) is 12.4. The third-order valence-electron chi connectivity index (χ3n) is 2.83. The minimum Gasteiger partial charge on any atom is -0.366 e. The number of nitrogens with zero attached hydrogens (tertiary/aromatic N) is 2. The molecule has 1 aromatic heterocycles. The normalized spacial score (nSPS) is 9.95. The first kappa shape index (κ1) is 13.4. The number of hydrogen-bond donors (Lipinski definition) is 1. The second-order valence-electron chi connectivity index (χ2n) is 4.20. The van der Waals surface area contributed by atoms with Crippen molar-refractivity contribution in [3.05, 3.63) is 58.2 Å². The fraction of sp³-hybridized carbons (Fsp3) is 0.200. The van der Waals surface area contributed by atoms with Crippen molar-refractivity contribution in [1.29, 1.82) is 5.26 Å². The van der Waals surface area contributed by atoms with Crippen molar-refractivity contribution in [2.75, 3.05) is 5.32 Å². The van der Waals surface area contributed by atoms with Crippen LogP contribution >= 0.6 is 11.6 Å². The summed E-state index contributed by atoms with van der Waals surface area (Å²) in [7, 11) is 0. The number of aromatic nitrogens is 1. The topological polar surface area (TPSA) is 48.7 Å². The van der Waals surface area contributed by atoms with E-state index in [-0.39, 0.29) is 0 Å². The van der Waals surface area contributed by atoms with Crippen LogP contribution in [0, 0.1) is 11.3 Å². The molecule has 0 saturated carbocycles. The van der Waals surface area contributed by atoms with Gasteiger partial charge in [-0.2, -0.15) is 5.26 Å². The summed E-state index contributed by atoms with van der Waals surface area (Å²) in [5.74, 6) is 0.614. The molecule has 19 heavy (non-hydrogen) atoms. The highest BCUT2D eigenvalue weighted by molar-refractivity contribution is 6.29. The molecule has 0 aliphatic rings. The molecule has 1 aromatic carbocycles. The van der Waals surface area contributed by atoms with E-state index in [1.807, 2.05) is 0 Å². The molecule has 3 nitrogen and oxygen atoms in total. The van der Waals surface area contributed by atoms with Gasteiger partial charge >= 0.3 is 0 Å². The van der Waals surface area contributed by atoms with Crippen LogP contribution < -0.4 is 5.32 Å². The summed E-state index contributed by atoms with van der Waals surface area (Å²) >= 11 is 5.85. The Bertz CT molecular complexity index is 600. The maximum absolute atomic E-state index is 8.87. The average molecular weight is 272 g/mol. The molecule has 0 atom stereocenters. The van der Waals surface area contributed by atoms with E-state index >= 15 is 0 Å². The Balaban J connectivity index is 2.05. The Kier molecular flexibility index (Phi) is 4.38. The number of rotatable bonds is 4. The largest absolute Gasteiger partial charge is 0.366 e. The molecular weight excluding hydrogens is 258 g/mol. The van der Waals surface area contributed by atoms with Gasteiger partial charge in [-0.05, 0) is 29.7 Å². The van der Waals surface area contributed by atoms with Crippen molar-refractivity contribution in [1.82, 2.24) is 4.98 Å². The second-order valence-corrected chi connectivity index (χ2v) is 4.59. The SMILES string of the molecule is CCc1ccc(CNc2cc(C#N)cc(Cl)n2)cc1. The summed E-state index contributed by atoms with van der Waals surface area (Å²) in [4.78, 5) is 4.13. The van der Waals surface area contributed by atoms with E-state index in [1.165, 1.54) is 5.56 Å². The van der Waals surface area contributed by atoms with Crippen LogP contribution in [0.2, 0.25) is 5.15 Å². The van der Waals surface area contributed by atoms with Gasteiger partial charge in [-0.1, -0.05) is 42.8 Å². The zero-order valence-corrected chi connectivity index (χ0v) is 11.4. The Morgan fingerprint density at radius 2 is 1.89 bits per heavy atom. The first-order valence-corrected chi connectivity index (χ1v) is 6.48. The fourth-order valence-corrected chi connectivity index (χ4v) is 1.95. The standard InChI is InChI=1S/C15H14ClN3/c1-2-11-3-5-12(6-4-11)10-18-15-8-13(9-17)7-14(16)19-15/h3-8H,2,10H2,1H3,(H,18,19). The molecule has 2 aromatic rings. The number of nitrogens with one attached hydrogen (secondary N) is 1. The highest BCUT2D eigenvalue weighted by Gasteiger charge is 2.01.